The molecule has 1 aliphatic rings. The van der Waals surface area contributed by atoms with Crippen molar-refractivity contribution < 1.29 is 5.11 Å². The quantitative estimate of drug-likeness (QED) is 0.858. The molecule has 3 nitrogen and oxygen atoms in total. The number of aliphatic hydroxyl groups is 1. The van der Waals surface area contributed by atoms with E-state index in [1.165, 1.54) is 5.56 Å². The van der Waals surface area contributed by atoms with Gasteiger partial charge in [0, 0.05) is 30.7 Å². The Labute approximate surface area is 114 Å². The maximum atomic E-state index is 9.50. The smallest absolute Gasteiger partial charge is 0.0679 e. The van der Waals surface area contributed by atoms with Crippen molar-refractivity contribution in [3.05, 3.63) is 34.9 Å². The highest BCUT2D eigenvalue weighted by molar-refractivity contribution is 6.30. The maximum Gasteiger partial charge on any atom is 0.0679 e. The fourth-order valence-electron chi connectivity index (χ4n) is 2.50. The Morgan fingerprint density at radius 1 is 1.44 bits per heavy atom. The minimum Gasteiger partial charge on any atom is -0.392 e. The summed E-state index contributed by atoms with van der Waals surface area (Å²) in [6.07, 6.45) is 1.82. The van der Waals surface area contributed by atoms with Gasteiger partial charge in [0.2, 0.25) is 0 Å². The third-order valence-electron chi connectivity index (χ3n) is 3.60. The second-order valence-corrected chi connectivity index (χ2v) is 5.36. The lowest BCUT2D eigenvalue weighted by Gasteiger charge is -2.21. The molecule has 100 valence electrons. The monoisotopic (exact) mass is 268 g/mol. The number of halogens is 1. The van der Waals surface area contributed by atoms with Crippen LogP contribution in [-0.2, 0) is 0 Å². The number of β-amino-alcohol motifs (C(OH)–C–C–N with tert-alkyl or cyclic N) is 1. The lowest BCUT2D eigenvalue weighted by Crippen LogP contribution is -2.27. The number of nitrogens with one attached hydrogen (secondary N) is 1. The molecule has 1 saturated heterocycles. The summed E-state index contributed by atoms with van der Waals surface area (Å²) in [5, 5.41) is 13.6. The van der Waals surface area contributed by atoms with Crippen molar-refractivity contribution >= 4 is 11.6 Å². The predicted molar refractivity (Wildman–Crippen MR) is 74.9 cm³/mol. The van der Waals surface area contributed by atoms with Crippen molar-refractivity contribution in [2.45, 2.75) is 25.0 Å². The molecule has 18 heavy (non-hydrogen) atoms. The van der Waals surface area contributed by atoms with Crippen LogP contribution in [0.2, 0.25) is 5.02 Å². The fourth-order valence-corrected chi connectivity index (χ4v) is 2.63. The molecular weight excluding hydrogens is 248 g/mol. The average Bonchev–Trinajstić information content (AvgIpc) is 2.78. The molecule has 1 heterocycles. The average molecular weight is 269 g/mol. The van der Waals surface area contributed by atoms with Crippen LogP contribution in [0.5, 0.6) is 0 Å². The van der Waals surface area contributed by atoms with Crippen molar-refractivity contribution in [1.82, 2.24) is 10.2 Å². The zero-order chi connectivity index (χ0) is 13.0. The Kier molecular flexibility index (Phi) is 5.01. The van der Waals surface area contributed by atoms with Crippen LogP contribution >= 0.6 is 11.6 Å². The van der Waals surface area contributed by atoms with Gasteiger partial charge >= 0.3 is 0 Å². The Morgan fingerprint density at radius 2 is 2.17 bits per heavy atom. The summed E-state index contributed by atoms with van der Waals surface area (Å²) in [5.41, 5.74) is 1.27. The molecule has 4 heteroatoms. The maximum absolute atomic E-state index is 9.50. The topological polar surface area (TPSA) is 35.5 Å². The first-order chi connectivity index (χ1) is 8.69. The zero-order valence-corrected chi connectivity index (χ0v) is 11.5. The highest BCUT2D eigenvalue weighted by Crippen LogP contribution is 2.20. The second kappa shape index (κ2) is 6.53. The van der Waals surface area contributed by atoms with Gasteiger partial charge < -0.3 is 15.3 Å². The highest BCUT2D eigenvalue weighted by Gasteiger charge is 2.20. The molecule has 2 unspecified atom stereocenters. The number of nitrogens with zero attached hydrogens (tertiary/aromatic N) is 1. The SMILES string of the molecule is CNC(CCN1CCC(O)C1)c1ccc(Cl)cc1. The van der Waals surface area contributed by atoms with E-state index < -0.39 is 0 Å². The Hall–Kier alpha value is -0.610. The van der Waals surface area contributed by atoms with E-state index in [9.17, 15) is 5.11 Å². The number of aliphatic hydroxyl groups excluding tert-OH is 1. The first-order valence-corrected chi connectivity index (χ1v) is 6.90. The van der Waals surface area contributed by atoms with E-state index in [1.807, 2.05) is 19.2 Å². The number of hydrogen-bond acceptors (Lipinski definition) is 3. The van der Waals surface area contributed by atoms with E-state index >= 15 is 0 Å². The largest absolute Gasteiger partial charge is 0.392 e. The van der Waals surface area contributed by atoms with E-state index in [2.05, 4.69) is 22.3 Å². The molecule has 0 saturated carbocycles. The molecule has 0 radical (unpaired) electrons. The zero-order valence-electron chi connectivity index (χ0n) is 10.8. The Morgan fingerprint density at radius 3 is 2.72 bits per heavy atom. The van der Waals surface area contributed by atoms with E-state index in [0.717, 1.165) is 37.5 Å². The standard InChI is InChI=1S/C14H21ClN2O/c1-16-14(11-2-4-12(15)5-3-11)7-9-17-8-6-13(18)10-17/h2-5,13-14,16,18H,6-10H2,1H3. The van der Waals surface area contributed by atoms with Crippen LogP contribution in [0.15, 0.2) is 24.3 Å². The summed E-state index contributed by atoms with van der Waals surface area (Å²) >= 11 is 5.90. The van der Waals surface area contributed by atoms with Crippen LogP contribution in [0.3, 0.4) is 0 Å². The van der Waals surface area contributed by atoms with Crippen LogP contribution in [0, 0.1) is 0 Å². The summed E-state index contributed by atoms with van der Waals surface area (Å²) in [6.45, 7) is 2.85. The van der Waals surface area contributed by atoms with E-state index in [0.29, 0.717) is 6.04 Å². The van der Waals surface area contributed by atoms with Crippen molar-refractivity contribution in [3.8, 4) is 0 Å². The summed E-state index contributed by atoms with van der Waals surface area (Å²) in [4.78, 5) is 2.32. The van der Waals surface area contributed by atoms with Gasteiger partial charge in [-0.2, -0.15) is 0 Å². The van der Waals surface area contributed by atoms with Crippen LogP contribution in [0.25, 0.3) is 0 Å². The van der Waals surface area contributed by atoms with Gasteiger partial charge in [-0.1, -0.05) is 23.7 Å². The minimum absolute atomic E-state index is 0.131. The summed E-state index contributed by atoms with van der Waals surface area (Å²) < 4.78 is 0. The number of rotatable bonds is 5. The molecule has 0 aliphatic carbocycles. The first-order valence-electron chi connectivity index (χ1n) is 6.52. The molecule has 0 bridgehead atoms. The first kappa shape index (κ1) is 13.8. The molecule has 0 aromatic heterocycles. The molecule has 0 spiro atoms. The number of hydrogen-bond donors (Lipinski definition) is 2. The van der Waals surface area contributed by atoms with Gasteiger partial charge in [0.05, 0.1) is 6.10 Å². The van der Waals surface area contributed by atoms with Crippen LogP contribution in [0.1, 0.15) is 24.4 Å². The van der Waals surface area contributed by atoms with Gasteiger partial charge in [-0.05, 0) is 37.6 Å². The van der Waals surface area contributed by atoms with Gasteiger partial charge in [0.25, 0.3) is 0 Å². The van der Waals surface area contributed by atoms with Gasteiger partial charge in [-0.15, -0.1) is 0 Å². The van der Waals surface area contributed by atoms with Crippen molar-refractivity contribution in [2.75, 3.05) is 26.7 Å². The second-order valence-electron chi connectivity index (χ2n) is 4.92. The highest BCUT2D eigenvalue weighted by atomic mass is 35.5. The van der Waals surface area contributed by atoms with Gasteiger partial charge in [-0.3, -0.25) is 0 Å². The molecule has 2 atom stereocenters. The summed E-state index contributed by atoms with van der Waals surface area (Å²) in [5.74, 6) is 0. The molecule has 2 N–H and O–H groups in total. The summed E-state index contributed by atoms with van der Waals surface area (Å²) in [6, 6.07) is 8.35. The lowest BCUT2D eigenvalue weighted by molar-refractivity contribution is 0.175. The van der Waals surface area contributed by atoms with E-state index in [4.69, 9.17) is 11.6 Å². The molecular formula is C14H21ClN2O. The van der Waals surface area contributed by atoms with Gasteiger partial charge in [0.1, 0.15) is 0 Å². The Bertz CT molecular complexity index is 369. The summed E-state index contributed by atoms with van der Waals surface area (Å²) in [7, 11) is 1.98. The molecule has 1 aromatic carbocycles. The fraction of sp³-hybridized carbons (Fsp3) is 0.571. The third-order valence-corrected chi connectivity index (χ3v) is 3.85. The molecule has 1 fully saturated rings. The predicted octanol–water partition coefficient (Wildman–Crippen LogP) is 2.06. The number of benzene rings is 1. The third kappa shape index (κ3) is 3.69. The minimum atomic E-state index is -0.131. The van der Waals surface area contributed by atoms with Crippen molar-refractivity contribution in [1.29, 1.82) is 0 Å². The van der Waals surface area contributed by atoms with Gasteiger partial charge in [-0.25, -0.2) is 0 Å². The molecule has 0 amide bonds. The van der Waals surface area contributed by atoms with Crippen molar-refractivity contribution in [2.24, 2.45) is 0 Å². The van der Waals surface area contributed by atoms with Crippen LogP contribution in [-0.4, -0.2) is 42.8 Å². The van der Waals surface area contributed by atoms with E-state index in [1.54, 1.807) is 0 Å². The molecule has 1 aromatic rings. The molecule has 2 rings (SSSR count). The molecule has 1 aliphatic heterocycles. The Balaban J connectivity index is 1.87. The van der Waals surface area contributed by atoms with Crippen LogP contribution in [0.4, 0.5) is 0 Å². The van der Waals surface area contributed by atoms with Crippen LogP contribution < -0.4 is 5.32 Å². The van der Waals surface area contributed by atoms with E-state index in [-0.39, 0.29) is 6.10 Å². The number of likely N-dealkylation sites (tertiary alicyclic amines) is 1. The van der Waals surface area contributed by atoms with Crippen molar-refractivity contribution in [3.63, 3.8) is 0 Å². The van der Waals surface area contributed by atoms with Gasteiger partial charge in [0.15, 0.2) is 0 Å². The lowest BCUT2D eigenvalue weighted by atomic mass is 10.0. The normalized spacial score (nSPS) is 22.3.